The zero-order chi connectivity index (χ0) is 46.5. The number of rotatable bonds is 12. The highest BCUT2D eigenvalue weighted by Crippen LogP contribution is 2.55. The van der Waals surface area contributed by atoms with E-state index in [2.05, 4.69) is 94.7 Å². The second-order valence-electron chi connectivity index (χ2n) is 19.8. The number of hydrogen-bond acceptors (Lipinski definition) is 13. The molecule has 4 fully saturated rings. The number of ketones is 1. The molecule has 2 aliphatic heterocycles. The van der Waals surface area contributed by atoms with Crippen LogP contribution in [0.25, 0.3) is 22.3 Å². The smallest absolute Gasteiger partial charge is 0.233 e. The van der Waals surface area contributed by atoms with Gasteiger partial charge in [-0.3, -0.25) is 4.79 Å². The summed E-state index contributed by atoms with van der Waals surface area (Å²) in [7, 11) is 5.83. The highest BCUT2D eigenvalue weighted by molar-refractivity contribution is 6.14. The van der Waals surface area contributed by atoms with Gasteiger partial charge in [0, 0.05) is 37.0 Å². The van der Waals surface area contributed by atoms with Gasteiger partial charge in [-0.25, -0.2) is 0 Å². The van der Waals surface area contributed by atoms with Gasteiger partial charge in [-0.05, 0) is 131 Å². The Morgan fingerprint density at radius 3 is 1.29 bits per heavy atom. The number of anilines is 2. The first-order chi connectivity index (χ1) is 33.1. The number of hydrogen-bond donors (Lipinski definition) is 2. The first-order valence-corrected chi connectivity index (χ1v) is 24.0. The monoisotopic (exact) mass is 912 g/mol. The van der Waals surface area contributed by atoms with Gasteiger partial charge in [0.15, 0.2) is 0 Å². The number of carbonyl (C=O) groups excluding carboxylic acids is 1. The Hall–Kier alpha value is -6.57. The molecular weight excluding hydrogens is 857 g/mol. The molecule has 6 aromatic rings. The summed E-state index contributed by atoms with van der Waals surface area (Å²) in [5.74, 6) is 1.46. The normalized spacial score (nSPS) is 23.6. The number of aliphatic hydroxyl groups excluding tert-OH is 2. The van der Waals surface area contributed by atoms with E-state index in [1.165, 1.54) is 76.4 Å². The van der Waals surface area contributed by atoms with Crippen LogP contribution in [-0.4, -0.2) is 90.6 Å². The van der Waals surface area contributed by atoms with Crippen molar-refractivity contribution in [2.75, 3.05) is 64.4 Å². The average molecular weight is 913 g/mol. The molecule has 12 rings (SSSR count). The SMILES string of the molecule is COc1nc(N2CCC3(CC(O)c4cc(-c5ccccc5C5CC5)ccc43)C2)nc(OC)c1C(=O)c1c(OC)nc(N2CCC3(CC(O)c4cc(-c5ccccc5C5CC5)ccc43)C2)nc1OC. The lowest BCUT2D eigenvalue weighted by Crippen LogP contribution is -2.30. The van der Waals surface area contributed by atoms with Crippen LogP contribution in [0.4, 0.5) is 11.9 Å². The molecule has 6 aliphatic rings. The number of aliphatic hydroxyl groups is 2. The number of fused-ring (bicyclic) bond motifs is 4. The van der Waals surface area contributed by atoms with Gasteiger partial charge in [0.1, 0.15) is 11.1 Å². The van der Waals surface area contributed by atoms with E-state index in [1.54, 1.807) is 0 Å². The lowest BCUT2D eigenvalue weighted by atomic mass is 9.80. The van der Waals surface area contributed by atoms with E-state index < -0.39 is 18.0 Å². The van der Waals surface area contributed by atoms with Crippen molar-refractivity contribution in [1.29, 1.82) is 0 Å². The molecule has 4 aromatic carbocycles. The Balaban J connectivity index is 0.807. The molecule has 13 heteroatoms. The molecule has 2 spiro atoms. The quantitative estimate of drug-likeness (QED) is 0.113. The summed E-state index contributed by atoms with van der Waals surface area (Å²) in [6.07, 6.45) is 6.50. The van der Waals surface area contributed by atoms with Crippen molar-refractivity contribution < 1.29 is 34.0 Å². The molecule has 13 nitrogen and oxygen atoms in total. The van der Waals surface area contributed by atoms with E-state index in [9.17, 15) is 15.0 Å². The number of benzene rings is 4. The molecule has 4 atom stereocenters. The van der Waals surface area contributed by atoms with Gasteiger partial charge < -0.3 is 39.0 Å². The van der Waals surface area contributed by atoms with E-state index in [1.807, 2.05) is 0 Å². The molecule has 0 amide bonds. The molecule has 2 saturated carbocycles. The third-order valence-electron chi connectivity index (χ3n) is 15.9. The van der Waals surface area contributed by atoms with E-state index >= 15 is 0 Å². The van der Waals surface area contributed by atoms with Crippen molar-refractivity contribution in [2.45, 2.75) is 86.2 Å². The highest BCUT2D eigenvalue weighted by atomic mass is 16.5. The van der Waals surface area contributed by atoms with E-state index in [4.69, 9.17) is 38.9 Å². The van der Waals surface area contributed by atoms with E-state index in [0.717, 1.165) is 46.2 Å². The molecule has 4 heterocycles. The Kier molecular flexibility index (Phi) is 10.3. The minimum atomic E-state index is -0.589. The minimum absolute atomic E-state index is 0.0166. The summed E-state index contributed by atoms with van der Waals surface area (Å²) >= 11 is 0. The van der Waals surface area contributed by atoms with Crippen molar-refractivity contribution >= 4 is 17.7 Å². The fourth-order valence-corrected chi connectivity index (χ4v) is 12.2. The average Bonchev–Trinajstić information content (AvgIpc) is 4.29. The van der Waals surface area contributed by atoms with Crippen molar-refractivity contribution in [3.63, 3.8) is 0 Å². The minimum Gasteiger partial charge on any atom is -0.480 e. The van der Waals surface area contributed by atoms with Gasteiger partial charge in [0.05, 0.1) is 40.6 Å². The van der Waals surface area contributed by atoms with E-state index in [0.29, 0.717) is 62.8 Å². The van der Waals surface area contributed by atoms with Gasteiger partial charge in [0.25, 0.3) is 0 Å². The summed E-state index contributed by atoms with van der Waals surface area (Å²) in [4.78, 5) is 38.2. The van der Waals surface area contributed by atoms with E-state index in [-0.39, 0.29) is 45.5 Å². The van der Waals surface area contributed by atoms with Crippen LogP contribution in [0.1, 0.15) is 125 Å². The van der Waals surface area contributed by atoms with Gasteiger partial charge >= 0.3 is 0 Å². The zero-order valence-electron chi connectivity index (χ0n) is 39.0. The maximum Gasteiger partial charge on any atom is 0.233 e. The Morgan fingerprint density at radius 1 is 0.544 bits per heavy atom. The Morgan fingerprint density at radius 2 is 0.926 bits per heavy atom. The third kappa shape index (κ3) is 6.90. The molecular formula is C55H56N6O7. The molecule has 348 valence electrons. The zero-order valence-corrected chi connectivity index (χ0v) is 39.0. The summed E-state index contributed by atoms with van der Waals surface area (Å²) in [6, 6.07) is 30.5. The van der Waals surface area contributed by atoms with Gasteiger partial charge in [-0.1, -0.05) is 72.8 Å². The van der Waals surface area contributed by atoms with Crippen LogP contribution in [0.3, 0.4) is 0 Å². The van der Waals surface area contributed by atoms with Crippen LogP contribution in [0, 0.1) is 0 Å². The van der Waals surface area contributed by atoms with Crippen molar-refractivity contribution in [3.8, 4) is 45.8 Å². The molecule has 0 bridgehead atoms. The molecule has 0 radical (unpaired) electrons. The molecule has 2 saturated heterocycles. The molecule has 2 N–H and O–H groups in total. The largest absolute Gasteiger partial charge is 0.480 e. The summed E-state index contributed by atoms with van der Waals surface area (Å²) in [5, 5.41) is 23.1. The molecule has 4 unspecified atom stereocenters. The standard InChI is InChI=1S/C55H56N6O7/c1-65-48-45(49(66-2)57-52(56-48)60-23-21-54(29-60)27-43(62)39-25-33(17-19-41(39)54)37-11-7-5-9-35(37)31-13-14-31)47(64)46-50(67-3)58-53(59-51(46)68-4)61-24-22-55(30-61)28-44(63)40-26-34(18-20-42(40)55)38-12-8-6-10-36(38)32-15-16-32/h5-12,17-20,25-26,31-32,43-44,62-63H,13-16,21-24,27-30H2,1-4H3. The molecule has 4 aliphatic carbocycles. The van der Waals surface area contributed by atoms with Crippen LogP contribution in [0.15, 0.2) is 84.9 Å². The van der Waals surface area contributed by atoms with Crippen molar-refractivity contribution in [3.05, 3.63) is 129 Å². The fourth-order valence-electron chi connectivity index (χ4n) is 12.2. The van der Waals surface area contributed by atoms with Crippen LogP contribution >= 0.6 is 0 Å². The Labute approximate surface area is 396 Å². The van der Waals surface area contributed by atoms with Gasteiger partial charge in [-0.15, -0.1) is 0 Å². The van der Waals surface area contributed by atoms with Gasteiger partial charge in [0.2, 0.25) is 41.2 Å². The molecule has 2 aromatic heterocycles. The summed E-state index contributed by atoms with van der Waals surface area (Å²) in [5.41, 5.74) is 11.2. The predicted octanol–water partition coefficient (Wildman–Crippen LogP) is 8.79. The fraction of sp³-hybridized carbons (Fsp3) is 0.400. The summed E-state index contributed by atoms with van der Waals surface area (Å²) in [6.45, 7) is 2.41. The third-order valence-corrected chi connectivity index (χ3v) is 15.9. The van der Waals surface area contributed by atoms with Crippen molar-refractivity contribution in [2.24, 2.45) is 0 Å². The second kappa shape index (κ2) is 16.3. The predicted molar refractivity (Wildman–Crippen MR) is 258 cm³/mol. The van der Waals surface area contributed by atoms with Crippen LogP contribution in [0.5, 0.6) is 23.5 Å². The number of ether oxygens (including phenoxy) is 4. The lowest BCUT2D eigenvalue weighted by molar-refractivity contribution is 0.102. The maximum absolute atomic E-state index is 14.8. The maximum atomic E-state index is 14.8. The van der Waals surface area contributed by atoms with Gasteiger partial charge in [-0.2, -0.15) is 19.9 Å². The Bertz CT molecular complexity index is 2760. The first-order valence-electron chi connectivity index (χ1n) is 24.0. The van der Waals surface area contributed by atoms with Crippen LogP contribution < -0.4 is 28.7 Å². The lowest BCUT2D eigenvalue weighted by Gasteiger charge is -2.26. The number of methoxy groups -OCH3 is 4. The summed E-state index contributed by atoms with van der Waals surface area (Å²) < 4.78 is 23.3. The van der Waals surface area contributed by atoms with Crippen LogP contribution in [0.2, 0.25) is 0 Å². The number of aromatic nitrogens is 4. The second-order valence-corrected chi connectivity index (χ2v) is 19.8. The highest BCUT2D eigenvalue weighted by Gasteiger charge is 2.50. The first kappa shape index (κ1) is 42.8. The topological polar surface area (TPSA) is 152 Å². The van der Waals surface area contributed by atoms with Crippen molar-refractivity contribution in [1.82, 2.24) is 19.9 Å². The van der Waals surface area contributed by atoms with Crippen LogP contribution in [-0.2, 0) is 10.8 Å². The number of carbonyl (C=O) groups is 1. The molecule has 68 heavy (non-hydrogen) atoms. The number of nitrogens with zero attached hydrogens (tertiary/aromatic N) is 6.